The molecular weight excluding hydrogens is 1060 g/mol. The summed E-state index contributed by atoms with van der Waals surface area (Å²) < 4.78 is 37.3. The van der Waals surface area contributed by atoms with E-state index in [1.807, 2.05) is 60.7 Å². The van der Waals surface area contributed by atoms with Gasteiger partial charge in [0.2, 0.25) is 5.75 Å². The van der Waals surface area contributed by atoms with Crippen molar-refractivity contribution in [1.29, 1.82) is 0 Å². The fraction of sp³-hybridized carbons (Fsp3) is 0.528. The van der Waals surface area contributed by atoms with Crippen molar-refractivity contribution in [3.63, 3.8) is 0 Å². The summed E-state index contributed by atoms with van der Waals surface area (Å²) in [5, 5.41) is 0. The Morgan fingerprint density at radius 1 is 0.305 bits per heavy atom. The number of carbonyl (C=O) groups excluding carboxylic acids is 2. The SMILES string of the molecule is CCCCCCCCCCOc1cc(C(=O)Oc2ccc(-c3ccc(-c4ccc(-c5ccc(OC(=O)c6ccc(OCCCCCCCC)cc6)cc5)s4)s3)cc2)cc(OCCCCCCCCCC)c1OCCCCCCCCCC. The van der Waals surface area contributed by atoms with Gasteiger partial charge in [-0.1, -0.05) is 195 Å². The molecule has 0 saturated heterocycles. The summed E-state index contributed by atoms with van der Waals surface area (Å²) in [4.78, 5) is 31.7. The van der Waals surface area contributed by atoms with Crippen molar-refractivity contribution >= 4 is 34.6 Å². The molecule has 2 heterocycles. The van der Waals surface area contributed by atoms with Crippen LogP contribution in [0.5, 0.6) is 34.5 Å². The van der Waals surface area contributed by atoms with Crippen molar-refractivity contribution in [3.05, 3.63) is 120 Å². The van der Waals surface area contributed by atoms with E-state index in [9.17, 15) is 9.59 Å². The van der Waals surface area contributed by atoms with Gasteiger partial charge in [-0.3, -0.25) is 0 Å². The highest BCUT2D eigenvalue weighted by Gasteiger charge is 2.21. The summed E-state index contributed by atoms with van der Waals surface area (Å²) in [5.41, 5.74) is 2.94. The van der Waals surface area contributed by atoms with E-state index in [1.54, 1.807) is 46.9 Å². The standard InChI is InChI=1S/C72H98O8S2/c1-5-9-13-17-21-24-28-32-52-76-64-55-60(56-65(77-53-33-29-25-22-18-14-10-6-2)70(64)78-54-34-30-26-23-19-15-11-7-3)72(74)80-63-45-37-58(38-46-63)67-48-50-69(82-67)68-49-47-66(81-68)57-35-43-62(44-36-57)79-71(73)59-39-41-61(42-40-59)75-51-31-27-20-16-12-8-4/h35-50,55-56H,5-34,51-54H2,1-4H3. The normalized spacial score (nSPS) is 11.2. The molecule has 8 nitrogen and oxygen atoms in total. The van der Waals surface area contributed by atoms with Crippen molar-refractivity contribution in [2.45, 2.75) is 220 Å². The molecule has 6 rings (SSSR count). The Morgan fingerprint density at radius 2 is 0.610 bits per heavy atom. The number of thiophene rings is 2. The molecule has 0 atom stereocenters. The van der Waals surface area contributed by atoms with Gasteiger partial charge in [-0.25, -0.2) is 9.59 Å². The van der Waals surface area contributed by atoms with Crippen LogP contribution in [-0.2, 0) is 0 Å². The first-order chi connectivity index (χ1) is 40.4. The predicted molar refractivity (Wildman–Crippen MR) is 344 cm³/mol. The maximum Gasteiger partial charge on any atom is 0.343 e. The lowest BCUT2D eigenvalue weighted by molar-refractivity contribution is 0.0724. The Kier molecular flexibility index (Phi) is 31.8. The van der Waals surface area contributed by atoms with Gasteiger partial charge in [-0.2, -0.15) is 0 Å². The molecule has 0 N–H and O–H groups in total. The largest absolute Gasteiger partial charge is 0.494 e. The van der Waals surface area contributed by atoms with Crippen molar-refractivity contribution in [2.24, 2.45) is 0 Å². The van der Waals surface area contributed by atoms with Gasteiger partial charge in [0, 0.05) is 19.5 Å². The van der Waals surface area contributed by atoms with Crippen molar-refractivity contribution in [3.8, 4) is 65.1 Å². The zero-order chi connectivity index (χ0) is 57.7. The average Bonchev–Trinajstić information content (AvgIpc) is 4.38. The predicted octanol–water partition coefficient (Wildman–Crippen LogP) is 22.5. The summed E-state index contributed by atoms with van der Waals surface area (Å²) in [5.74, 6) is 2.53. The van der Waals surface area contributed by atoms with Gasteiger partial charge < -0.3 is 28.4 Å². The molecule has 0 bridgehead atoms. The first-order valence-corrected chi connectivity index (χ1v) is 33.7. The number of hydrogen-bond donors (Lipinski definition) is 0. The number of hydrogen-bond acceptors (Lipinski definition) is 10. The fourth-order valence-electron chi connectivity index (χ4n) is 10.0. The summed E-state index contributed by atoms with van der Waals surface area (Å²) in [6.07, 6.45) is 36.3. The quantitative estimate of drug-likeness (QED) is 0.0212. The molecule has 4 aromatic carbocycles. The Bertz CT molecular complexity index is 2610. The van der Waals surface area contributed by atoms with Crippen LogP contribution in [0.25, 0.3) is 30.6 Å². The van der Waals surface area contributed by atoms with E-state index in [-0.39, 0.29) is 0 Å². The van der Waals surface area contributed by atoms with Crippen molar-refractivity contribution in [2.75, 3.05) is 26.4 Å². The minimum Gasteiger partial charge on any atom is -0.494 e. The highest BCUT2D eigenvalue weighted by Crippen LogP contribution is 2.42. The van der Waals surface area contributed by atoms with Gasteiger partial charge in [0.25, 0.3) is 0 Å². The van der Waals surface area contributed by atoms with Crippen LogP contribution in [0.3, 0.4) is 0 Å². The second-order valence-electron chi connectivity index (χ2n) is 22.1. The Hall–Kier alpha value is -5.58. The molecule has 0 fully saturated rings. The molecule has 2 aromatic heterocycles. The highest BCUT2D eigenvalue weighted by molar-refractivity contribution is 7.25. The van der Waals surface area contributed by atoms with Gasteiger partial charge >= 0.3 is 11.9 Å². The van der Waals surface area contributed by atoms with Crippen molar-refractivity contribution in [1.82, 2.24) is 0 Å². The smallest absolute Gasteiger partial charge is 0.343 e. The number of carbonyl (C=O) groups is 2. The lowest BCUT2D eigenvalue weighted by Gasteiger charge is -2.19. The summed E-state index contributed by atoms with van der Waals surface area (Å²) >= 11 is 3.45. The molecule has 446 valence electrons. The number of esters is 2. The second-order valence-corrected chi connectivity index (χ2v) is 24.2. The molecule has 0 spiro atoms. The van der Waals surface area contributed by atoms with Crippen LogP contribution < -0.4 is 28.4 Å². The number of ether oxygens (including phenoxy) is 6. The Balaban J connectivity index is 1.06. The Morgan fingerprint density at radius 3 is 0.988 bits per heavy atom. The monoisotopic (exact) mass is 1150 g/mol. The van der Waals surface area contributed by atoms with E-state index < -0.39 is 11.9 Å². The Labute approximate surface area is 502 Å². The minimum absolute atomic E-state index is 0.375. The molecular formula is C72H98O8S2. The lowest BCUT2D eigenvalue weighted by atomic mass is 10.1. The number of rotatable bonds is 45. The summed E-state index contributed by atoms with van der Waals surface area (Å²) in [6, 6.07) is 34.8. The third kappa shape index (κ3) is 24.3. The maximum absolute atomic E-state index is 14.1. The zero-order valence-electron chi connectivity index (χ0n) is 50.5. The molecule has 6 aromatic rings. The van der Waals surface area contributed by atoms with Gasteiger partial charge in [-0.05, 0) is 146 Å². The van der Waals surface area contributed by atoms with Crippen LogP contribution in [0, 0.1) is 0 Å². The minimum atomic E-state index is -0.468. The second kappa shape index (κ2) is 39.8. The summed E-state index contributed by atoms with van der Waals surface area (Å²) in [7, 11) is 0. The first-order valence-electron chi connectivity index (χ1n) is 32.0. The van der Waals surface area contributed by atoms with Gasteiger partial charge in [0.05, 0.1) is 37.6 Å². The topological polar surface area (TPSA) is 89.5 Å². The van der Waals surface area contributed by atoms with Gasteiger partial charge in [0.15, 0.2) is 11.5 Å². The molecule has 0 aliphatic rings. The molecule has 0 radical (unpaired) electrons. The van der Waals surface area contributed by atoms with E-state index in [0.717, 1.165) is 76.5 Å². The number of unbranched alkanes of at least 4 members (excludes halogenated alkanes) is 26. The van der Waals surface area contributed by atoms with Crippen LogP contribution in [0.1, 0.15) is 241 Å². The van der Waals surface area contributed by atoms with Gasteiger partial charge in [-0.15, -0.1) is 22.7 Å². The average molecular weight is 1160 g/mol. The van der Waals surface area contributed by atoms with E-state index in [2.05, 4.69) is 52.0 Å². The molecule has 0 amide bonds. The van der Waals surface area contributed by atoms with Crippen LogP contribution in [0.15, 0.2) is 109 Å². The third-order valence-corrected chi connectivity index (χ3v) is 17.5. The molecule has 0 saturated carbocycles. The van der Waals surface area contributed by atoms with Crippen LogP contribution in [0.2, 0.25) is 0 Å². The van der Waals surface area contributed by atoms with E-state index in [0.29, 0.717) is 66.3 Å². The highest BCUT2D eigenvalue weighted by atomic mass is 32.1. The van der Waals surface area contributed by atoms with Gasteiger partial charge in [0.1, 0.15) is 17.2 Å². The first kappa shape index (κ1) is 65.6. The van der Waals surface area contributed by atoms with E-state index in [4.69, 9.17) is 28.4 Å². The zero-order valence-corrected chi connectivity index (χ0v) is 52.1. The fourth-order valence-corrected chi connectivity index (χ4v) is 12.1. The molecule has 10 heteroatoms. The molecule has 0 aliphatic heterocycles. The van der Waals surface area contributed by atoms with E-state index in [1.165, 1.54) is 153 Å². The van der Waals surface area contributed by atoms with Crippen LogP contribution in [-0.4, -0.2) is 38.4 Å². The lowest BCUT2D eigenvalue weighted by Crippen LogP contribution is -2.12. The molecule has 82 heavy (non-hydrogen) atoms. The van der Waals surface area contributed by atoms with Crippen LogP contribution >= 0.6 is 22.7 Å². The third-order valence-electron chi connectivity index (χ3n) is 15.0. The maximum atomic E-state index is 14.1. The summed E-state index contributed by atoms with van der Waals surface area (Å²) in [6.45, 7) is 11.3. The number of benzene rings is 4. The van der Waals surface area contributed by atoms with E-state index >= 15 is 0 Å². The van der Waals surface area contributed by atoms with Crippen LogP contribution in [0.4, 0.5) is 0 Å². The molecule has 0 unspecified atom stereocenters. The molecule has 0 aliphatic carbocycles. The van der Waals surface area contributed by atoms with Crippen molar-refractivity contribution < 1.29 is 38.0 Å².